The molecule has 1 aromatic heterocycles. The Kier molecular flexibility index (Phi) is 7.65. The molecule has 6 nitrogen and oxygen atoms in total. The van der Waals surface area contributed by atoms with Crippen molar-refractivity contribution in [1.29, 1.82) is 5.26 Å². The summed E-state index contributed by atoms with van der Waals surface area (Å²) in [6.07, 6.45) is -3.67. The number of hydrogen-bond acceptors (Lipinski definition) is 7. The fourth-order valence-electron chi connectivity index (χ4n) is 4.63. The lowest BCUT2D eigenvalue weighted by Crippen LogP contribution is -2.48. The van der Waals surface area contributed by atoms with E-state index >= 15 is 0 Å². The highest BCUT2D eigenvalue weighted by Gasteiger charge is 2.35. The van der Waals surface area contributed by atoms with Crippen LogP contribution in [0.25, 0.3) is 0 Å². The Morgan fingerprint density at radius 2 is 1.71 bits per heavy atom. The summed E-state index contributed by atoms with van der Waals surface area (Å²) in [5.41, 5.74) is 0.324. The summed E-state index contributed by atoms with van der Waals surface area (Å²) < 4.78 is 39.9. The van der Waals surface area contributed by atoms with Gasteiger partial charge in [-0.1, -0.05) is 6.07 Å². The summed E-state index contributed by atoms with van der Waals surface area (Å²) in [6.45, 7) is 12.2. The average Bonchev–Trinajstić information content (AvgIpc) is 3.31. The fraction of sp³-hybridized carbons (Fsp3) is 0.583. The number of hydrogen-bond donors (Lipinski definition) is 0. The Labute approximate surface area is 203 Å². The van der Waals surface area contributed by atoms with E-state index in [-0.39, 0.29) is 5.56 Å². The molecule has 34 heavy (non-hydrogen) atoms. The van der Waals surface area contributed by atoms with Crippen LogP contribution in [0.2, 0.25) is 0 Å². The zero-order valence-electron chi connectivity index (χ0n) is 19.7. The van der Waals surface area contributed by atoms with Crippen molar-refractivity contribution in [3.05, 3.63) is 40.4 Å². The Bertz CT molecular complexity index is 999. The Hall–Kier alpha value is -2.35. The lowest BCUT2D eigenvalue weighted by atomic mass is 10.0. The highest BCUT2D eigenvalue weighted by molar-refractivity contribution is 7.13. The van der Waals surface area contributed by atoms with Crippen LogP contribution in [0.15, 0.2) is 23.6 Å². The quantitative estimate of drug-likeness (QED) is 0.609. The van der Waals surface area contributed by atoms with E-state index in [1.807, 2.05) is 4.90 Å². The van der Waals surface area contributed by atoms with Crippen LogP contribution in [0, 0.1) is 11.3 Å². The zero-order valence-corrected chi connectivity index (χ0v) is 20.5. The zero-order chi connectivity index (χ0) is 24.3. The second-order valence-electron chi connectivity index (χ2n) is 9.13. The van der Waals surface area contributed by atoms with Gasteiger partial charge in [0.25, 0.3) is 0 Å². The van der Waals surface area contributed by atoms with Gasteiger partial charge in [0.1, 0.15) is 6.07 Å². The van der Waals surface area contributed by atoms with Crippen molar-refractivity contribution in [3.63, 3.8) is 0 Å². The van der Waals surface area contributed by atoms with Crippen molar-refractivity contribution in [1.82, 2.24) is 14.8 Å². The van der Waals surface area contributed by atoms with Gasteiger partial charge in [0.15, 0.2) is 5.13 Å². The molecule has 2 aromatic rings. The molecule has 2 aliphatic rings. The number of benzene rings is 1. The van der Waals surface area contributed by atoms with Crippen LogP contribution in [-0.4, -0.2) is 79.7 Å². The highest BCUT2D eigenvalue weighted by atomic mass is 32.1. The number of halogens is 3. The number of thiazole rings is 1. The van der Waals surface area contributed by atoms with Gasteiger partial charge >= 0.3 is 6.18 Å². The molecule has 184 valence electrons. The third kappa shape index (κ3) is 5.65. The smallest absolute Gasteiger partial charge is 0.368 e. The highest BCUT2D eigenvalue weighted by Crippen LogP contribution is 2.36. The van der Waals surface area contributed by atoms with Crippen LogP contribution >= 0.6 is 11.3 Å². The molecule has 2 saturated heterocycles. The van der Waals surface area contributed by atoms with E-state index in [1.165, 1.54) is 6.07 Å². The second-order valence-corrected chi connectivity index (χ2v) is 9.96. The van der Waals surface area contributed by atoms with Gasteiger partial charge in [0.05, 0.1) is 22.5 Å². The van der Waals surface area contributed by atoms with Gasteiger partial charge in [-0.3, -0.25) is 9.80 Å². The van der Waals surface area contributed by atoms with Gasteiger partial charge in [-0.15, -0.1) is 11.3 Å². The normalized spacial score (nSPS) is 18.5. The van der Waals surface area contributed by atoms with Crippen molar-refractivity contribution < 1.29 is 13.2 Å². The summed E-state index contributed by atoms with van der Waals surface area (Å²) in [4.78, 5) is 13.9. The summed E-state index contributed by atoms with van der Waals surface area (Å²) >= 11 is 1.70. The third-order valence-corrected chi connectivity index (χ3v) is 7.66. The number of piperazine rings is 2. The van der Waals surface area contributed by atoms with E-state index in [0.29, 0.717) is 24.8 Å². The number of nitrogens with zero attached hydrogens (tertiary/aromatic N) is 6. The maximum absolute atomic E-state index is 13.3. The number of nitriles is 1. The van der Waals surface area contributed by atoms with E-state index in [1.54, 1.807) is 23.5 Å². The molecule has 0 aliphatic carbocycles. The third-order valence-electron chi connectivity index (χ3n) is 6.71. The maximum atomic E-state index is 13.3. The molecular weight excluding hydrogens is 461 g/mol. The number of anilines is 2. The molecule has 2 aliphatic heterocycles. The largest absolute Gasteiger partial charge is 0.417 e. The Balaban J connectivity index is 1.28. The molecule has 2 fully saturated rings. The van der Waals surface area contributed by atoms with E-state index in [0.717, 1.165) is 69.1 Å². The molecule has 0 amide bonds. The molecule has 0 N–H and O–H groups in total. The number of alkyl halides is 3. The minimum atomic E-state index is -4.53. The minimum absolute atomic E-state index is 0.285. The first kappa shape index (κ1) is 24.8. The van der Waals surface area contributed by atoms with Crippen molar-refractivity contribution in [2.24, 2.45) is 0 Å². The van der Waals surface area contributed by atoms with Crippen LogP contribution in [0.5, 0.6) is 0 Å². The van der Waals surface area contributed by atoms with Crippen LogP contribution in [0.1, 0.15) is 30.7 Å². The first-order valence-corrected chi connectivity index (χ1v) is 12.6. The van der Waals surface area contributed by atoms with Crippen LogP contribution in [-0.2, 0) is 12.6 Å². The number of aromatic nitrogens is 1. The van der Waals surface area contributed by atoms with E-state index in [9.17, 15) is 18.4 Å². The van der Waals surface area contributed by atoms with Crippen LogP contribution in [0.3, 0.4) is 0 Å². The fourth-order valence-corrected chi connectivity index (χ4v) is 5.54. The average molecular weight is 493 g/mol. The molecule has 0 bridgehead atoms. The molecule has 4 rings (SSSR count). The summed E-state index contributed by atoms with van der Waals surface area (Å²) in [7, 11) is 0. The lowest BCUT2D eigenvalue weighted by Gasteiger charge is -2.37. The SMILES string of the molecule is CC(C)N1CCN(c2nc(CCN3CCN(c4cccc(C(F)(F)F)c4C#N)CC3)cs2)CC1. The van der Waals surface area contributed by atoms with Crippen molar-refractivity contribution >= 4 is 22.2 Å². The summed E-state index contributed by atoms with van der Waals surface area (Å²) in [6, 6.07) is 6.32. The van der Waals surface area contributed by atoms with Gasteiger partial charge in [-0.2, -0.15) is 18.4 Å². The molecule has 0 atom stereocenters. The standard InChI is InChI=1S/C24H31F3N6S/c1-18(2)31-12-14-33(15-13-31)23-29-19(17-34-23)6-7-30-8-10-32(11-9-30)22-5-3-4-21(20(22)16-28)24(25,26)27/h3-5,17-18H,6-15H2,1-2H3. The number of rotatable bonds is 6. The van der Waals surface area contributed by atoms with Gasteiger partial charge in [0.2, 0.25) is 0 Å². The Morgan fingerprint density at radius 3 is 2.32 bits per heavy atom. The van der Waals surface area contributed by atoms with Gasteiger partial charge < -0.3 is 9.80 Å². The molecule has 0 saturated carbocycles. The molecule has 0 unspecified atom stereocenters. The maximum Gasteiger partial charge on any atom is 0.417 e. The van der Waals surface area contributed by atoms with Crippen molar-refractivity contribution in [3.8, 4) is 6.07 Å². The first-order valence-electron chi connectivity index (χ1n) is 11.8. The predicted octanol–water partition coefficient (Wildman–Crippen LogP) is 3.93. The summed E-state index contributed by atoms with van der Waals surface area (Å²) in [5.74, 6) is 0. The van der Waals surface area contributed by atoms with Gasteiger partial charge in [0, 0.05) is 76.7 Å². The monoisotopic (exact) mass is 492 g/mol. The van der Waals surface area contributed by atoms with E-state index < -0.39 is 11.7 Å². The van der Waals surface area contributed by atoms with Crippen molar-refractivity contribution in [2.75, 3.05) is 68.7 Å². The lowest BCUT2D eigenvalue weighted by molar-refractivity contribution is -0.137. The topological polar surface area (TPSA) is 49.6 Å². The Morgan fingerprint density at radius 1 is 1.03 bits per heavy atom. The molecule has 10 heteroatoms. The van der Waals surface area contributed by atoms with E-state index in [2.05, 4.69) is 33.9 Å². The van der Waals surface area contributed by atoms with Crippen molar-refractivity contribution in [2.45, 2.75) is 32.5 Å². The van der Waals surface area contributed by atoms with E-state index in [4.69, 9.17) is 4.98 Å². The van der Waals surface area contributed by atoms with Crippen LogP contribution in [0.4, 0.5) is 24.0 Å². The second kappa shape index (κ2) is 10.5. The molecule has 1 aromatic carbocycles. The summed E-state index contributed by atoms with van der Waals surface area (Å²) in [5, 5.41) is 12.6. The molecule has 0 spiro atoms. The van der Waals surface area contributed by atoms with Gasteiger partial charge in [-0.05, 0) is 26.0 Å². The minimum Gasteiger partial charge on any atom is -0.368 e. The molecule has 3 heterocycles. The first-order chi connectivity index (χ1) is 16.3. The molecule has 0 radical (unpaired) electrons. The molecular formula is C24H31F3N6S. The predicted molar refractivity (Wildman–Crippen MR) is 130 cm³/mol. The van der Waals surface area contributed by atoms with Gasteiger partial charge in [-0.25, -0.2) is 4.98 Å². The van der Waals surface area contributed by atoms with Crippen LogP contribution < -0.4 is 9.80 Å².